The summed E-state index contributed by atoms with van der Waals surface area (Å²) in [6.07, 6.45) is 3.87. The summed E-state index contributed by atoms with van der Waals surface area (Å²) in [4.78, 5) is 20.6. The lowest BCUT2D eigenvalue weighted by atomic mass is 10.1. The second kappa shape index (κ2) is 5.64. The Morgan fingerprint density at radius 2 is 1.96 bits per heavy atom. The van der Waals surface area contributed by atoms with E-state index in [9.17, 15) is 4.79 Å². The monoisotopic (exact) mass is 306 g/mol. The molecule has 1 amide bonds. The molecule has 1 aliphatic rings. The summed E-state index contributed by atoms with van der Waals surface area (Å²) in [6, 6.07) is 12.5. The number of hydrogen-bond donors (Lipinski definition) is 1. The van der Waals surface area contributed by atoms with E-state index in [-0.39, 0.29) is 5.91 Å². The van der Waals surface area contributed by atoms with Crippen molar-refractivity contribution in [2.24, 2.45) is 0 Å². The van der Waals surface area contributed by atoms with Gasteiger partial charge in [-0.25, -0.2) is 4.98 Å². The number of nitrogens with zero attached hydrogens (tertiary/aromatic N) is 3. The first-order valence-corrected chi connectivity index (χ1v) is 7.46. The molecular formula is C17H14N4O2. The van der Waals surface area contributed by atoms with Gasteiger partial charge >= 0.3 is 0 Å². The van der Waals surface area contributed by atoms with Crippen LogP contribution < -0.4 is 5.32 Å². The molecule has 114 valence electrons. The van der Waals surface area contributed by atoms with E-state index in [1.54, 1.807) is 30.5 Å². The first-order chi connectivity index (χ1) is 11.3. The first kappa shape index (κ1) is 13.6. The van der Waals surface area contributed by atoms with E-state index in [1.165, 1.54) is 0 Å². The summed E-state index contributed by atoms with van der Waals surface area (Å²) in [5.41, 5.74) is 1.38. The van der Waals surface area contributed by atoms with Gasteiger partial charge in [0, 0.05) is 23.2 Å². The van der Waals surface area contributed by atoms with Crippen LogP contribution in [0.25, 0.3) is 11.4 Å². The van der Waals surface area contributed by atoms with E-state index < -0.39 is 0 Å². The van der Waals surface area contributed by atoms with Crippen molar-refractivity contribution in [1.82, 2.24) is 15.1 Å². The van der Waals surface area contributed by atoms with Gasteiger partial charge < -0.3 is 9.84 Å². The molecule has 0 unspecified atom stereocenters. The van der Waals surface area contributed by atoms with Gasteiger partial charge in [-0.1, -0.05) is 23.4 Å². The Balaban J connectivity index is 1.49. The van der Waals surface area contributed by atoms with Crippen molar-refractivity contribution < 1.29 is 9.32 Å². The summed E-state index contributed by atoms with van der Waals surface area (Å²) in [5.74, 6) is 2.01. The molecule has 0 spiro atoms. The number of hydrogen-bond acceptors (Lipinski definition) is 5. The molecule has 6 nitrogen and oxygen atoms in total. The van der Waals surface area contributed by atoms with E-state index in [4.69, 9.17) is 4.52 Å². The molecule has 4 rings (SSSR count). The zero-order chi connectivity index (χ0) is 15.6. The lowest BCUT2D eigenvalue weighted by Crippen LogP contribution is -2.12. The van der Waals surface area contributed by atoms with Gasteiger partial charge in [0.15, 0.2) is 0 Å². The van der Waals surface area contributed by atoms with E-state index in [0.29, 0.717) is 29.0 Å². The van der Waals surface area contributed by atoms with Crippen LogP contribution in [0.2, 0.25) is 0 Å². The fraction of sp³-hybridized carbons (Fsp3) is 0.176. The van der Waals surface area contributed by atoms with Gasteiger partial charge in [-0.2, -0.15) is 4.98 Å². The molecule has 3 aromatic rings. The minimum atomic E-state index is -0.206. The first-order valence-electron chi connectivity index (χ1n) is 7.46. The average Bonchev–Trinajstić information content (AvgIpc) is 3.33. The Morgan fingerprint density at radius 1 is 1.13 bits per heavy atom. The largest absolute Gasteiger partial charge is 0.339 e. The van der Waals surface area contributed by atoms with Gasteiger partial charge in [-0.15, -0.1) is 0 Å². The van der Waals surface area contributed by atoms with Gasteiger partial charge in [0.2, 0.25) is 11.7 Å². The maximum atomic E-state index is 12.2. The number of carbonyl (C=O) groups is 1. The molecular weight excluding hydrogens is 292 g/mol. The smallest absolute Gasteiger partial charge is 0.256 e. The highest BCUT2D eigenvalue weighted by molar-refractivity contribution is 6.03. The SMILES string of the molecule is O=C(Nc1ccccn1)c1ccc(-c2noc(C3CC3)n2)cc1. The third kappa shape index (κ3) is 2.96. The predicted octanol–water partition coefficient (Wildman–Crippen LogP) is 3.26. The molecule has 1 saturated carbocycles. The number of benzene rings is 1. The van der Waals surface area contributed by atoms with Crippen LogP contribution in [0.3, 0.4) is 0 Å². The van der Waals surface area contributed by atoms with Gasteiger partial charge in [-0.3, -0.25) is 4.79 Å². The van der Waals surface area contributed by atoms with Crippen LogP contribution in [0.5, 0.6) is 0 Å². The lowest BCUT2D eigenvalue weighted by molar-refractivity contribution is 0.102. The van der Waals surface area contributed by atoms with Gasteiger partial charge in [-0.05, 0) is 37.1 Å². The molecule has 0 saturated heterocycles. The predicted molar refractivity (Wildman–Crippen MR) is 83.9 cm³/mol. The highest BCUT2D eigenvalue weighted by atomic mass is 16.5. The fourth-order valence-electron chi connectivity index (χ4n) is 2.24. The van der Waals surface area contributed by atoms with Crippen molar-refractivity contribution in [2.45, 2.75) is 18.8 Å². The molecule has 0 bridgehead atoms. The standard InChI is InChI=1S/C17H14N4O2/c22-16(19-14-3-1-2-10-18-14)12-6-4-11(5-7-12)15-20-17(23-21-15)13-8-9-13/h1-7,10,13H,8-9H2,(H,18,19,22). The zero-order valence-electron chi connectivity index (χ0n) is 12.3. The van der Waals surface area contributed by atoms with Crippen molar-refractivity contribution >= 4 is 11.7 Å². The minimum Gasteiger partial charge on any atom is -0.339 e. The Morgan fingerprint density at radius 3 is 2.65 bits per heavy atom. The number of rotatable bonds is 4. The third-order valence-electron chi connectivity index (χ3n) is 3.68. The summed E-state index contributed by atoms with van der Waals surface area (Å²) >= 11 is 0. The summed E-state index contributed by atoms with van der Waals surface area (Å²) in [5, 5.41) is 6.74. The molecule has 0 radical (unpaired) electrons. The van der Waals surface area contributed by atoms with Crippen LogP contribution in [0.15, 0.2) is 53.2 Å². The summed E-state index contributed by atoms with van der Waals surface area (Å²) in [7, 11) is 0. The highest BCUT2D eigenvalue weighted by Crippen LogP contribution is 2.39. The third-order valence-corrected chi connectivity index (χ3v) is 3.68. The maximum Gasteiger partial charge on any atom is 0.256 e. The van der Waals surface area contributed by atoms with E-state index >= 15 is 0 Å². The number of amides is 1. The molecule has 23 heavy (non-hydrogen) atoms. The van der Waals surface area contributed by atoms with Gasteiger partial charge in [0.1, 0.15) is 5.82 Å². The van der Waals surface area contributed by atoms with Gasteiger partial charge in [0.25, 0.3) is 5.91 Å². The van der Waals surface area contributed by atoms with Crippen molar-refractivity contribution in [3.63, 3.8) is 0 Å². The second-order valence-corrected chi connectivity index (χ2v) is 5.48. The molecule has 1 aromatic carbocycles. The molecule has 0 aliphatic heterocycles. The topological polar surface area (TPSA) is 80.9 Å². The zero-order valence-corrected chi connectivity index (χ0v) is 12.3. The quantitative estimate of drug-likeness (QED) is 0.800. The number of nitrogens with one attached hydrogen (secondary N) is 1. The number of pyridine rings is 1. The molecule has 6 heteroatoms. The van der Waals surface area contributed by atoms with Crippen molar-refractivity contribution in [3.8, 4) is 11.4 Å². The number of aromatic nitrogens is 3. The summed E-state index contributed by atoms with van der Waals surface area (Å²) in [6.45, 7) is 0. The van der Waals surface area contributed by atoms with Crippen LogP contribution in [-0.4, -0.2) is 21.0 Å². The normalized spacial score (nSPS) is 13.7. The fourth-order valence-corrected chi connectivity index (χ4v) is 2.24. The van der Waals surface area contributed by atoms with Crippen molar-refractivity contribution in [3.05, 3.63) is 60.1 Å². The summed E-state index contributed by atoms with van der Waals surface area (Å²) < 4.78 is 5.25. The second-order valence-electron chi connectivity index (χ2n) is 5.48. The van der Waals surface area contributed by atoms with Crippen LogP contribution in [-0.2, 0) is 0 Å². The van der Waals surface area contributed by atoms with Gasteiger partial charge in [0.05, 0.1) is 0 Å². The molecule has 1 aliphatic carbocycles. The lowest BCUT2D eigenvalue weighted by Gasteiger charge is -2.04. The number of carbonyl (C=O) groups excluding carboxylic acids is 1. The highest BCUT2D eigenvalue weighted by Gasteiger charge is 2.29. The van der Waals surface area contributed by atoms with Crippen LogP contribution in [0.4, 0.5) is 5.82 Å². The van der Waals surface area contributed by atoms with Crippen LogP contribution >= 0.6 is 0 Å². The Hall–Kier alpha value is -3.02. The molecule has 2 aromatic heterocycles. The average molecular weight is 306 g/mol. The van der Waals surface area contributed by atoms with E-state index in [0.717, 1.165) is 18.4 Å². The Kier molecular flexibility index (Phi) is 3.34. The van der Waals surface area contributed by atoms with Crippen molar-refractivity contribution in [1.29, 1.82) is 0 Å². The molecule has 0 atom stereocenters. The number of anilines is 1. The van der Waals surface area contributed by atoms with Crippen molar-refractivity contribution in [2.75, 3.05) is 5.32 Å². The Bertz CT molecular complexity index is 823. The van der Waals surface area contributed by atoms with E-state index in [2.05, 4.69) is 20.4 Å². The molecule has 1 N–H and O–H groups in total. The van der Waals surface area contributed by atoms with Crippen LogP contribution in [0, 0.1) is 0 Å². The minimum absolute atomic E-state index is 0.206. The maximum absolute atomic E-state index is 12.2. The molecule has 1 fully saturated rings. The Labute approximate surface area is 132 Å². The van der Waals surface area contributed by atoms with E-state index in [1.807, 2.05) is 18.2 Å². The molecule has 2 heterocycles. The van der Waals surface area contributed by atoms with Crippen LogP contribution in [0.1, 0.15) is 35.0 Å².